The minimum absolute atomic E-state index is 0.913. The fourth-order valence-electron chi connectivity index (χ4n) is 2.26. The Morgan fingerprint density at radius 2 is 1.29 bits per heavy atom. The molecule has 0 aliphatic carbocycles. The fraction of sp³-hybridized carbons (Fsp3) is 0.600. The Labute approximate surface area is 109 Å². The predicted octanol–water partition coefficient (Wildman–Crippen LogP) is 4.09. The van der Waals surface area contributed by atoms with Crippen LogP contribution in [0.4, 0.5) is 0 Å². The molecule has 0 amide bonds. The van der Waals surface area contributed by atoms with Crippen molar-refractivity contribution in [2.45, 2.75) is 32.1 Å². The molecular formula is C15H30NSi+. The van der Waals surface area contributed by atoms with Gasteiger partial charge in [0.25, 0.3) is 0 Å². The van der Waals surface area contributed by atoms with Gasteiger partial charge in [0.1, 0.15) is 0 Å². The lowest BCUT2D eigenvalue weighted by Crippen LogP contribution is -2.49. The predicted molar refractivity (Wildman–Crippen MR) is 83.1 cm³/mol. The van der Waals surface area contributed by atoms with Gasteiger partial charge in [0.15, 0.2) is 0 Å². The second-order valence-corrected chi connectivity index (χ2v) is 11.8. The molecule has 0 rings (SSSR count). The maximum atomic E-state index is 3.89. The second kappa shape index (κ2) is 7.67. The largest absolute Gasteiger partial charge is 0.314 e. The summed E-state index contributed by atoms with van der Waals surface area (Å²) in [7, 11) is -0.913. The molecule has 98 valence electrons. The van der Waals surface area contributed by atoms with E-state index in [0.717, 1.165) is 24.1 Å². The topological polar surface area (TPSA) is 0 Å². The highest BCUT2D eigenvalue weighted by atomic mass is 28.3. The zero-order valence-electron chi connectivity index (χ0n) is 12.0. The summed E-state index contributed by atoms with van der Waals surface area (Å²) in [5, 5.41) is 0. The smallest absolute Gasteiger partial charge is 0.0975 e. The van der Waals surface area contributed by atoms with E-state index in [1.165, 1.54) is 19.0 Å². The third kappa shape index (κ3) is 7.34. The van der Waals surface area contributed by atoms with E-state index < -0.39 is 8.07 Å². The Bertz CT molecular complexity index is 224. The van der Waals surface area contributed by atoms with Gasteiger partial charge >= 0.3 is 0 Å². The first kappa shape index (κ1) is 16.4. The summed E-state index contributed by atoms with van der Waals surface area (Å²) in [6.07, 6.45) is 7.40. The van der Waals surface area contributed by atoms with Crippen LogP contribution in [-0.2, 0) is 0 Å². The van der Waals surface area contributed by atoms with Crippen LogP contribution in [0.5, 0.6) is 0 Å². The minimum atomic E-state index is -0.913. The molecule has 0 aliphatic rings. The zero-order chi connectivity index (χ0) is 13.4. The van der Waals surface area contributed by atoms with Gasteiger partial charge in [-0.1, -0.05) is 45.4 Å². The second-order valence-electron chi connectivity index (χ2n) is 6.14. The zero-order valence-corrected chi connectivity index (χ0v) is 13.0. The maximum absolute atomic E-state index is 3.89. The molecule has 0 fully saturated rings. The number of quaternary nitrogens is 1. The monoisotopic (exact) mass is 252 g/mol. The quantitative estimate of drug-likeness (QED) is 0.312. The van der Waals surface area contributed by atoms with Gasteiger partial charge in [-0.05, 0) is 24.6 Å². The Balaban J connectivity index is 4.48. The molecule has 0 heterocycles. The summed E-state index contributed by atoms with van der Waals surface area (Å²) in [6.45, 7) is 23.3. The number of nitrogens with zero attached hydrogens (tertiary/aromatic N) is 1. The molecule has 0 saturated heterocycles. The van der Waals surface area contributed by atoms with Crippen molar-refractivity contribution in [2.75, 3.05) is 26.2 Å². The highest BCUT2D eigenvalue weighted by Crippen LogP contribution is 2.16. The van der Waals surface area contributed by atoms with Crippen LogP contribution in [0.15, 0.2) is 38.0 Å². The Kier molecular flexibility index (Phi) is 7.40. The van der Waals surface area contributed by atoms with Gasteiger partial charge in [0.05, 0.1) is 26.2 Å². The summed E-state index contributed by atoms with van der Waals surface area (Å²) in [4.78, 5) is 0. The van der Waals surface area contributed by atoms with Crippen LogP contribution >= 0.6 is 0 Å². The van der Waals surface area contributed by atoms with E-state index >= 15 is 0 Å². The van der Waals surface area contributed by atoms with Crippen molar-refractivity contribution in [1.29, 1.82) is 0 Å². The first-order valence-corrected chi connectivity index (χ1v) is 10.3. The van der Waals surface area contributed by atoms with Crippen LogP contribution in [-0.4, -0.2) is 38.7 Å². The SMILES string of the molecule is C=CC[N+](CC=C)(CC=C)CCC[Si](C)(C)C. The van der Waals surface area contributed by atoms with Crippen LogP contribution < -0.4 is 0 Å². The fourth-order valence-corrected chi connectivity index (χ4v) is 3.48. The highest BCUT2D eigenvalue weighted by molar-refractivity contribution is 6.76. The van der Waals surface area contributed by atoms with Crippen LogP contribution in [0, 0.1) is 0 Å². The molecule has 0 radical (unpaired) electrons. The van der Waals surface area contributed by atoms with E-state index in [1.807, 2.05) is 18.2 Å². The first-order chi connectivity index (χ1) is 7.89. The van der Waals surface area contributed by atoms with E-state index in [1.54, 1.807) is 0 Å². The molecule has 2 heteroatoms. The Hall–Kier alpha value is -0.603. The van der Waals surface area contributed by atoms with E-state index in [-0.39, 0.29) is 0 Å². The van der Waals surface area contributed by atoms with Gasteiger partial charge < -0.3 is 4.48 Å². The first-order valence-electron chi connectivity index (χ1n) is 6.57. The van der Waals surface area contributed by atoms with Crippen molar-refractivity contribution >= 4 is 8.07 Å². The molecule has 0 unspecified atom stereocenters. The average Bonchev–Trinajstić information content (AvgIpc) is 2.16. The molecule has 0 bridgehead atoms. The summed E-state index contributed by atoms with van der Waals surface area (Å²) in [5.74, 6) is 0. The van der Waals surface area contributed by atoms with Crippen LogP contribution in [0.3, 0.4) is 0 Å². The highest BCUT2D eigenvalue weighted by Gasteiger charge is 2.24. The van der Waals surface area contributed by atoms with Crippen molar-refractivity contribution < 1.29 is 4.48 Å². The van der Waals surface area contributed by atoms with Crippen molar-refractivity contribution in [1.82, 2.24) is 0 Å². The molecule has 0 aromatic rings. The third-order valence-corrected chi connectivity index (χ3v) is 4.96. The molecular weight excluding hydrogens is 222 g/mol. The summed E-state index contributed by atoms with van der Waals surface area (Å²) < 4.78 is 1.04. The Morgan fingerprint density at radius 1 is 0.882 bits per heavy atom. The third-order valence-electron chi connectivity index (χ3n) is 3.11. The molecule has 0 spiro atoms. The summed E-state index contributed by atoms with van der Waals surface area (Å²) >= 11 is 0. The lowest BCUT2D eigenvalue weighted by atomic mass is 10.2. The van der Waals surface area contributed by atoms with Gasteiger partial charge in [0.2, 0.25) is 0 Å². The van der Waals surface area contributed by atoms with Gasteiger partial charge in [-0.15, -0.1) is 0 Å². The molecule has 17 heavy (non-hydrogen) atoms. The van der Waals surface area contributed by atoms with Crippen molar-refractivity contribution in [3.8, 4) is 0 Å². The van der Waals surface area contributed by atoms with Crippen molar-refractivity contribution in [2.24, 2.45) is 0 Å². The number of hydrogen-bond acceptors (Lipinski definition) is 0. The van der Waals surface area contributed by atoms with Gasteiger partial charge in [-0.25, -0.2) is 0 Å². The lowest BCUT2D eigenvalue weighted by Gasteiger charge is -2.36. The minimum Gasteiger partial charge on any atom is -0.314 e. The number of rotatable bonds is 10. The van der Waals surface area contributed by atoms with Crippen molar-refractivity contribution in [3.63, 3.8) is 0 Å². The van der Waals surface area contributed by atoms with Crippen LogP contribution in [0.2, 0.25) is 25.7 Å². The molecule has 0 aromatic heterocycles. The van der Waals surface area contributed by atoms with E-state index in [4.69, 9.17) is 0 Å². The average molecular weight is 252 g/mol. The van der Waals surface area contributed by atoms with Crippen LogP contribution in [0.25, 0.3) is 0 Å². The Morgan fingerprint density at radius 3 is 1.59 bits per heavy atom. The molecule has 0 saturated carbocycles. The maximum Gasteiger partial charge on any atom is 0.0975 e. The number of hydrogen-bond donors (Lipinski definition) is 0. The molecule has 0 aliphatic heterocycles. The molecule has 0 aromatic carbocycles. The van der Waals surface area contributed by atoms with Gasteiger partial charge in [0, 0.05) is 8.07 Å². The normalized spacial score (nSPS) is 12.2. The van der Waals surface area contributed by atoms with Crippen molar-refractivity contribution in [3.05, 3.63) is 38.0 Å². The molecule has 0 N–H and O–H groups in total. The summed E-state index contributed by atoms with van der Waals surface area (Å²) in [5.41, 5.74) is 0. The van der Waals surface area contributed by atoms with Crippen LogP contribution in [0.1, 0.15) is 6.42 Å². The van der Waals surface area contributed by atoms with E-state index in [9.17, 15) is 0 Å². The van der Waals surface area contributed by atoms with Gasteiger partial charge in [-0.3, -0.25) is 0 Å². The van der Waals surface area contributed by atoms with E-state index in [0.29, 0.717) is 0 Å². The standard InChI is InChI=1S/C15H30NSi/c1-7-11-16(12-8-2,13-9-3)14-10-15-17(4,5)6/h7-9H,1-3,10-15H2,4-6H3/q+1. The molecule has 1 nitrogen and oxygen atoms in total. The summed E-state index contributed by atoms with van der Waals surface area (Å²) in [6, 6.07) is 1.40. The van der Waals surface area contributed by atoms with Gasteiger partial charge in [-0.2, -0.15) is 0 Å². The molecule has 0 atom stereocenters. The lowest BCUT2D eigenvalue weighted by molar-refractivity contribution is -0.911. The van der Waals surface area contributed by atoms with E-state index in [2.05, 4.69) is 39.4 Å².